The summed E-state index contributed by atoms with van der Waals surface area (Å²) in [5.41, 5.74) is 0.733. The monoisotopic (exact) mass is 652 g/mol. The zero-order valence-electron chi connectivity index (χ0n) is 26.9. The molecule has 0 fully saturated rings. The third-order valence-electron chi connectivity index (χ3n) is 7.15. The summed E-state index contributed by atoms with van der Waals surface area (Å²) in [6.07, 6.45) is -4.27. The minimum absolute atomic E-state index is 0.0361. The van der Waals surface area contributed by atoms with E-state index in [2.05, 4.69) is 20.1 Å². The van der Waals surface area contributed by atoms with Crippen molar-refractivity contribution in [1.29, 1.82) is 0 Å². The lowest BCUT2D eigenvalue weighted by Gasteiger charge is -2.26. The molecule has 46 heavy (non-hydrogen) atoms. The molecule has 256 valence electrons. The highest BCUT2D eigenvalue weighted by molar-refractivity contribution is 5.96. The summed E-state index contributed by atoms with van der Waals surface area (Å²) in [7, 11) is 2.21. The number of carbonyl (C=O) groups excluding carboxylic acids is 7. The summed E-state index contributed by atoms with van der Waals surface area (Å²) in [5, 5.41) is 15.2. The lowest BCUT2D eigenvalue weighted by Crippen LogP contribution is -2.51. The van der Waals surface area contributed by atoms with Gasteiger partial charge in [0.25, 0.3) is 0 Å². The van der Waals surface area contributed by atoms with E-state index in [0.717, 1.165) is 19.8 Å². The SMILES string of the molecule is COC(=O)CC[C@H](CC(=O)[C@H](CC(C)C)NC(=O)OCc1ccccc1)C(=O)N[C@H](C(=O)C[C@@H](CC(=O)OC)C(=O)CF)C(C)O. The number of benzene rings is 1. The maximum Gasteiger partial charge on any atom is 0.408 e. The molecule has 3 N–H and O–H groups in total. The largest absolute Gasteiger partial charge is 0.469 e. The molecule has 0 heterocycles. The van der Waals surface area contributed by atoms with Crippen LogP contribution in [0, 0.1) is 17.8 Å². The van der Waals surface area contributed by atoms with E-state index in [1.54, 1.807) is 24.3 Å². The first-order valence-corrected chi connectivity index (χ1v) is 15.0. The van der Waals surface area contributed by atoms with Crippen molar-refractivity contribution < 1.29 is 57.3 Å². The van der Waals surface area contributed by atoms with Crippen LogP contribution in [0.1, 0.15) is 64.9 Å². The van der Waals surface area contributed by atoms with Gasteiger partial charge < -0.3 is 30.0 Å². The number of alkyl carbamates (subject to hydrolysis) is 1. The van der Waals surface area contributed by atoms with Crippen molar-refractivity contribution in [1.82, 2.24) is 10.6 Å². The highest BCUT2D eigenvalue weighted by atomic mass is 19.1. The number of carbonyl (C=O) groups is 7. The Morgan fingerprint density at radius 1 is 0.804 bits per heavy atom. The van der Waals surface area contributed by atoms with Gasteiger partial charge in [0.05, 0.1) is 32.8 Å². The van der Waals surface area contributed by atoms with Crippen molar-refractivity contribution in [2.75, 3.05) is 20.9 Å². The Balaban J connectivity index is 3.13. The predicted molar refractivity (Wildman–Crippen MR) is 162 cm³/mol. The Morgan fingerprint density at radius 2 is 1.41 bits per heavy atom. The smallest absolute Gasteiger partial charge is 0.408 e. The highest BCUT2D eigenvalue weighted by Crippen LogP contribution is 2.20. The van der Waals surface area contributed by atoms with E-state index in [9.17, 15) is 43.1 Å². The predicted octanol–water partition coefficient (Wildman–Crippen LogP) is 2.40. The number of hydrogen-bond donors (Lipinski definition) is 3. The average Bonchev–Trinajstić information content (AvgIpc) is 3.02. The molecular formula is C32H45FN2O11. The molecule has 0 aliphatic heterocycles. The number of esters is 2. The van der Waals surface area contributed by atoms with Gasteiger partial charge in [-0.05, 0) is 31.2 Å². The Bertz CT molecular complexity index is 1190. The van der Waals surface area contributed by atoms with Gasteiger partial charge in [-0.1, -0.05) is 44.2 Å². The summed E-state index contributed by atoms with van der Waals surface area (Å²) in [6.45, 7) is 3.39. The molecule has 14 heteroatoms. The number of ether oxygens (including phenoxy) is 3. The Hall–Kier alpha value is -4.20. The first-order chi connectivity index (χ1) is 21.7. The number of methoxy groups -OCH3 is 2. The first kappa shape index (κ1) is 39.8. The van der Waals surface area contributed by atoms with Crippen LogP contribution in [-0.4, -0.2) is 85.5 Å². The molecular weight excluding hydrogens is 607 g/mol. The third-order valence-corrected chi connectivity index (χ3v) is 7.15. The topological polar surface area (TPSA) is 191 Å². The molecule has 0 aliphatic rings. The number of alkyl halides is 1. The molecule has 2 amide bonds. The molecule has 1 aromatic carbocycles. The lowest BCUT2D eigenvalue weighted by molar-refractivity contribution is -0.145. The Morgan fingerprint density at radius 3 is 1.96 bits per heavy atom. The van der Waals surface area contributed by atoms with Crippen LogP contribution in [0.3, 0.4) is 0 Å². The molecule has 0 saturated carbocycles. The number of aliphatic hydroxyl groups is 1. The second kappa shape index (κ2) is 20.8. The molecule has 0 aliphatic carbocycles. The van der Waals surface area contributed by atoms with Crippen LogP contribution in [0.4, 0.5) is 9.18 Å². The average molecular weight is 653 g/mol. The number of halogens is 1. The fourth-order valence-corrected chi connectivity index (χ4v) is 4.56. The minimum Gasteiger partial charge on any atom is -0.469 e. The van der Waals surface area contributed by atoms with E-state index in [4.69, 9.17) is 4.74 Å². The highest BCUT2D eigenvalue weighted by Gasteiger charge is 2.35. The van der Waals surface area contributed by atoms with Crippen LogP contribution in [0.5, 0.6) is 0 Å². The van der Waals surface area contributed by atoms with Crippen molar-refractivity contribution in [3.05, 3.63) is 35.9 Å². The van der Waals surface area contributed by atoms with E-state index in [0.29, 0.717) is 0 Å². The van der Waals surface area contributed by atoms with E-state index < -0.39 is 97.2 Å². The van der Waals surface area contributed by atoms with Gasteiger partial charge in [-0.15, -0.1) is 0 Å². The molecule has 1 aromatic rings. The van der Waals surface area contributed by atoms with Gasteiger partial charge in [-0.3, -0.25) is 28.8 Å². The number of nitrogens with one attached hydrogen (secondary N) is 2. The van der Waals surface area contributed by atoms with Gasteiger partial charge in [0.15, 0.2) is 17.3 Å². The summed E-state index contributed by atoms with van der Waals surface area (Å²) in [6, 6.07) is 6.26. The lowest BCUT2D eigenvalue weighted by atomic mass is 9.88. The van der Waals surface area contributed by atoms with Gasteiger partial charge in [0.2, 0.25) is 5.91 Å². The van der Waals surface area contributed by atoms with Crippen molar-refractivity contribution in [3.63, 3.8) is 0 Å². The van der Waals surface area contributed by atoms with E-state index in [-0.39, 0.29) is 31.8 Å². The van der Waals surface area contributed by atoms with Gasteiger partial charge >= 0.3 is 18.0 Å². The minimum atomic E-state index is -1.59. The van der Waals surface area contributed by atoms with E-state index in [1.807, 2.05) is 19.9 Å². The first-order valence-electron chi connectivity index (χ1n) is 15.0. The number of hydrogen-bond acceptors (Lipinski definition) is 11. The van der Waals surface area contributed by atoms with Gasteiger partial charge in [0, 0.05) is 31.1 Å². The van der Waals surface area contributed by atoms with Gasteiger partial charge in [-0.25, -0.2) is 9.18 Å². The fourth-order valence-electron chi connectivity index (χ4n) is 4.56. The molecule has 0 bridgehead atoms. The van der Waals surface area contributed by atoms with Crippen LogP contribution in [-0.2, 0) is 49.6 Å². The second-order valence-electron chi connectivity index (χ2n) is 11.3. The molecule has 0 radical (unpaired) electrons. The zero-order valence-corrected chi connectivity index (χ0v) is 26.9. The summed E-state index contributed by atoms with van der Waals surface area (Å²) in [5.74, 6) is -7.44. The number of rotatable bonds is 21. The number of ketones is 3. The molecule has 1 rings (SSSR count). The quantitative estimate of drug-likeness (QED) is 0.131. The molecule has 5 atom stereocenters. The van der Waals surface area contributed by atoms with Crippen LogP contribution in [0.15, 0.2) is 30.3 Å². The van der Waals surface area contributed by atoms with Crippen LogP contribution in [0.25, 0.3) is 0 Å². The standard InChI is InChI=1S/C32H45FN2O11/c1-19(2)13-24(34-32(43)46-18-21-9-7-6-8-10-21)25(37)14-22(11-12-28(40)44-4)31(42)35-30(20(3)36)26(38)15-23(27(39)17-33)16-29(41)45-5/h6-10,19-20,22-24,30,36H,11-18H2,1-5H3,(H,34,43)(H,35,42)/t20?,22-,23+,24+,30+/m1/s1. The molecule has 0 saturated heterocycles. The maximum absolute atomic E-state index is 13.5. The second-order valence-corrected chi connectivity index (χ2v) is 11.3. The third kappa shape index (κ3) is 14.7. The van der Waals surface area contributed by atoms with Crippen molar-refractivity contribution >= 4 is 41.3 Å². The maximum atomic E-state index is 13.5. The summed E-state index contributed by atoms with van der Waals surface area (Å²) >= 11 is 0. The number of Topliss-reactive ketones (excluding diaryl/α,β-unsaturated/α-hetero) is 3. The molecule has 0 aromatic heterocycles. The van der Waals surface area contributed by atoms with Crippen LogP contribution >= 0.6 is 0 Å². The van der Waals surface area contributed by atoms with E-state index >= 15 is 0 Å². The van der Waals surface area contributed by atoms with Crippen LogP contribution in [0.2, 0.25) is 0 Å². The normalized spacial score (nSPS) is 14.2. The van der Waals surface area contributed by atoms with Gasteiger partial charge in [-0.2, -0.15) is 0 Å². The Labute approximate surface area is 267 Å². The molecule has 1 unspecified atom stereocenters. The van der Waals surface area contributed by atoms with Crippen molar-refractivity contribution in [2.24, 2.45) is 17.8 Å². The Kier molecular flexibility index (Phi) is 18.0. The molecule has 13 nitrogen and oxygen atoms in total. The van der Waals surface area contributed by atoms with Crippen molar-refractivity contribution in [2.45, 2.75) is 84.1 Å². The zero-order chi connectivity index (χ0) is 34.8. The van der Waals surface area contributed by atoms with Gasteiger partial charge in [0.1, 0.15) is 19.3 Å². The number of aliphatic hydroxyl groups excluding tert-OH is 1. The number of amides is 2. The van der Waals surface area contributed by atoms with Crippen LogP contribution < -0.4 is 10.6 Å². The fraction of sp³-hybridized carbons (Fsp3) is 0.594. The molecule has 0 spiro atoms. The van der Waals surface area contributed by atoms with E-state index in [1.165, 1.54) is 6.92 Å². The summed E-state index contributed by atoms with van der Waals surface area (Å²) in [4.78, 5) is 88.2. The van der Waals surface area contributed by atoms with Crippen molar-refractivity contribution in [3.8, 4) is 0 Å². The summed E-state index contributed by atoms with van der Waals surface area (Å²) < 4.78 is 27.5.